The van der Waals surface area contributed by atoms with E-state index in [2.05, 4.69) is 40.7 Å². The zero-order valence-electron chi connectivity index (χ0n) is 12.9. The largest absolute Gasteiger partial charge is 0.355 e. The fourth-order valence-electron chi connectivity index (χ4n) is 1.46. The van der Waals surface area contributed by atoms with Gasteiger partial charge in [-0.2, -0.15) is 11.8 Å². The maximum Gasteiger partial charge on any atom is 0.191 e. The summed E-state index contributed by atoms with van der Waals surface area (Å²) in [6.07, 6.45) is 2.12. The molecule has 0 saturated carbocycles. The molecule has 6 heteroatoms. The minimum absolute atomic E-state index is 0. The molecular weight excluding hydrogens is 383 g/mol. The zero-order chi connectivity index (χ0) is 14.3. The number of aryl methyl sites for hydroxylation is 1. The van der Waals surface area contributed by atoms with E-state index >= 15 is 0 Å². The molecule has 0 aliphatic rings. The summed E-state index contributed by atoms with van der Waals surface area (Å²) in [7, 11) is 1.78. The van der Waals surface area contributed by atoms with Crippen LogP contribution in [-0.4, -0.2) is 35.5 Å². The van der Waals surface area contributed by atoms with Crippen LogP contribution in [0.5, 0.6) is 0 Å². The van der Waals surface area contributed by atoms with Crippen LogP contribution >= 0.6 is 35.7 Å². The van der Waals surface area contributed by atoms with Gasteiger partial charge in [0.15, 0.2) is 5.96 Å². The molecule has 1 aromatic heterocycles. The predicted molar refractivity (Wildman–Crippen MR) is 100 cm³/mol. The molecular formula is C14H25IN4S. The van der Waals surface area contributed by atoms with E-state index < -0.39 is 0 Å². The van der Waals surface area contributed by atoms with Crippen molar-refractivity contribution in [1.29, 1.82) is 0 Å². The van der Waals surface area contributed by atoms with E-state index in [1.54, 1.807) is 7.05 Å². The maximum absolute atomic E-state index is 4.46. The zero-order valence-corrected chi connectivity index (χ0v) is 16.0. The molecule has 0 aliphatic heterocycles. The minimum atomic E-state index is 0. The van der Waals surface area contributed by atoms with Crippen molar-refractivity contribution in [1.82, 2.24) is 15.6 Å². The molecule has 0 saturated heterocycles. The average molecular weight is 408 g/mol. The lowest BCUT2D eigenvalue weighted by molar-refractivity contribution is 0.663. The molecule has 0 spiro atoms. The molecule has 0 aliphatic carbocycles. The number of guanidine groups is 1. The van der Waals surface area contributed by atoms with Crippen LogP contribution in [0.25, 0.3) is 0 Å². The van der Waals surface area contributed by atoms with Gasteiger partial charge in [0.1, 0.15) is 0 Å². The van der Waals surface area contributed by atoms with Crippen LogP contribution in [0.3, 0.4) is 0 Å². The summed E-state index contributed by atoms with van der Waals surface area (Å²) < 4.78 is 0.194. The molecule has 0 radical (unpaired) electrons. The number of hydrogen-bond donors (Lipinski definition) is 2. The van der Waals surface area contributed by atoms with Crippen molar-refractivity contribution in [3.05, 3.63) is 29.6 Å². The third-order valence-corrected chi connectivity index (χ3v) is 4.09. The second kappa shape index (κ2) is 9.44. The molecule has 1 rings (SSSR count). The highest BCUT2D eigenvalue weighted by molar-refractivity contribution is 14.0. The minimum Gasteiger partial charge on any atom is -0.355 e. The van der Waals surface area contributed by atoms with Crippen molar-refractivity contribution in [3.63, 3.8) is 0 Å². The first-order valence-electron chi connectivity index (χ1n) is 6.39. The second-order valence-corrected chi connectivity index (χ2v) is 6.53. The number of rotatable bonds is 5. The van der Waals surface area contributed by atoms with Crippen LogP contribution in [0.2, 0.25) is 0 Å². The van der Waals surface area contributed by atoms with Gasteiger partial charge in [-0.1, -0.05) is 6.07 Å². The number of pyridine rings is 1. The highest BCUT2D eigenvalue weighted by Crippen LogP contribution is 2.19. The molecule has 0 aromatic carbocycles. The summed E-state index contributed by atoms with van der Waals surface area (Å²) in [4.78, 5) is 8.68. The molecule has 0 bridgehead atoms. The van der Waals surface area contributed by atoms with Crippen LogP contribution in [-0.2, 0) is 6.54 Å². The number of nitrogens with zero attached hydrogens (tertiary/aromatic N) is 2. The van der Waals surface area contributed by atoms with E-state index in [9.17, 15) is 0 Å². The predicted octanol–water partition coefficient (Wildman–Crippen LogP) is 2.81. The van der Waals surface area contributed by atoms with E-state index in [-0.39, 0.29) is 28.7 Å². The number of thioether (sulfide) groups is 1. The second-order valence-electron chi connectivity index (χ2n) is 5.01. The van der Waals surface area contributed by atoms with Gasteiger partial charge >= 0.3 is 0 Å². The molecule has 20 heavy (non-hydrogen) atoms. The van der Waals surface area contributed by atoms with Gasteiger partial charge < -0.3 is 10.6 Å². The molecule has 114 valence electrons. The van der Waals surface area contributed by atoms with Gasteiger partial charge in [0.25, 0.3) is 0 Å². The molecule has 1 heterocycles. The third kappa shape index (κ3) is 7.33. The Bertz CT molecular complexity index is 435. The van der Waals surface area contributed by atoms with Crippen molar-refractivity contribution in [2.75, 3.05) is 19.8 Å². The van der Waals surface area contributed by atoms with Gasteiger partial charge in [0.05, 0.1) is 12.2 Å². The standard InChI is InChI=1S/C14H24N4S.HI/c1-11-7-6-8-12(18-11)9-16-13(15-4)17-10-14(2,3)19-5;/h6-8H,9-10H2,1-5H3,(H2,15,16,17);1H. The van der Waals surface area contributed by atoms with E-state index in [1.165, 1.54) is 0 Å². The molecule has 0 unspecified atom stereocenters. The van der Waals surface area contributed by atoms with Crippen LogP contribution in [0.15, 0.2) is 23.2 Å². The Labute approximate surface area is 143 Å². The summed E-state index contributed by atoms with van der Waals surface area (Å²) in [6.45, 7) is 7.97. The van der Waals surface area contributed by atoms with E-state index in [4.69, 9.17) is 0 Å². The lowest BCUT2D eigenvalue weighted by Crippen LogP contribution is -2.43. The van der Waals surface area contributed by atoms with Crippen molar-refractivity contribution in [2.45, 2.75) is 32.1 Å². The summed E-state index contributed by atoms with van der Waals surface area (Å²) in [5, 5.41) is 6.61. The number of nitrogens with one attached hydrogen (secondary N) is 2. The molecule has 4 nitrogen and oxygen atoms in total. The van der Waals surface area contributed by atoms with Crippen molar-refractivity contribution >= 4 is 41.7 Å². The summed E-state index contributed by atoms with van der Waals surface area (Å²) in [5.74, 6) is 0.811. The van der Waals surface area contributed by atoms with Gasteiger partial charge in [0.2, 0.25) is 0 Å². The summed E-state index contributed by atoms with van der Waals surface area (Å²) in [5.41, 5.74) is 2.05. The molecule has 2 N–H and O–H groups in total. The number of aliphatic imine (C=N–C) groups is 1. The van der Waals surface area contributed by atoms with E-state index in [0.717, 1.165) is 23.9 Å². The smallest absolute Gasteiger partial charge is 0.191 e. The Morgan fingerprint density at radius 2 is 2.05 bits per heavy atom. The Morgan fingerprint density at radius 1 is 1.35 bits per heavy atom. The number of halogens is 1. The van der Waals surface area contributed by atoms with Crippen molar-refractivity contribution < 1.29 is 0 Å². The van der Waals surface area contributed by atoms with Crippen molar-refractivity contribution in [2.24, 2.45) is 4.99 Å². The van der Waals surface area contributed by atoms with Gasteiger partial charge in [0, 0.05) is 24.0 Å². The van der Waals surface area contributed by atoms with Gasteiger partial charge in [-0.3, -0.25) is 9.98 Å². The topological polar surface area (TPSA) is 49.3 Å². The first kappa shape index (κ1) is 19.5. The highest BCUT2D eigenvalue weighted by Gasteiger charge is 2.15. The fraction of sp³-hybridized carbons (Fsp3) is 0.571. The van der Waals surface area contributed by atoms with Crippen LogP contribution in [0.1, 0.15) is 25.2 Å². The molecule has 0 amide bonds. The highest BCUT2D eigenvalue weighted by atomic mass is 127. The maximum atomic E-state index is 4.46. The average Bonchev–Trinajstić information content (AvgIpc) is 2.39. The normalized spacial score (nSPS) is 11.8. The van der Waals surface area contributed by atoms with Gasteiger partial charge in [-0.25, -0.2) is 0 Å². The van der Waals surface area contributed by atoms with Crippen LogP contribution in [0.4, 0.5) is 0 Å². The Morgan fingerprint density at radius 3 is 2.60 bits per heavy atom. The molecule has 0 atom stereocenters. The first-order valence-corrected chi connectivity index (χ1v) is 7.61. The van der Waals surface area contributed by atoms with Gasteiger partial charge in [-0.05, 0) is 39.2 Å². The summed E-state index contributed by atoms with van der Waals surface area (Å²) >= 11 is 1.84. The van der Waals surface area contributed by atoms with Crippen molar-refractivity contribution in [3.8, 4) is 0 Å². The molecule has 1 aromatic rings. The van der Waals surface area contributed by atoms with E-state index in [1.807, 2.05) is 36.9 Å². The lowest BCUT2D eigenvalue weighted by atomic mass is 10.2. The Balaban J connectivity index is 0.00000361. The van der Waals surface area contributed by atoms with Crippen LogP contribution < -0.4 is 10.6 Å². The SMILES string of the molecule is CN=C(NCc1cccc(C)n1)NCC(C)(C)SC.I. The lowest BCUT2D eigenvalue weighted by Gasteiger charge is -2.23. The Kier molecular flexibility index (Phi) is 9.20. The molecule has 0 fully saturated rings. The van der Waals surface area contributed by atoms with Gasteiger partial charge in [-0.15, -0.1) is 24.0 Å². The monoisotopic (exact) mass is 408 g/mol. The number of hydrogen-bond acceptors (Lipinski definition) is 3. The summed E-state index contributed by atoms with van der Waals surface area (Å²) in [6, 6.07) is 6.03. The fourth-order valence-corrected chi connectivity index (χ4v) is 1.68. The number of aromatic nitrogens is 1. The quantitative estimate of drug-likeness (QED) is 0.447. The first-order chi connectivity index (χ1) is 8.96. The Hall–Kier alpha value is -0.500. The van der Waals surface area contributed by atoms with E-state index in [0.29, 0.717) is 6.54 Å². The van der Waals surface area contributed by atoms with Crippen LogP contribution in [0, 0.1) is 6.92 Å². The third-order valence-electron chi connectivity index (χ3n) is 2.84.